The van der Waals surface area contributed by atoms with Crippen LogP contribution in [0.5, 0.6) is 0 Å². The highest BCUT2D eigenvalue weighted by Crippen LogP contribution is 2.57. The quantitative estimate of drug-likeness (QED) is 0.218. The number of likely N-dealkylation sites (N-methyl/N-ethyl adjacent to an activating group) is 1. The van der Waals surface area contributed by atoms with Crippen molar-refractivity contribution >= 4 is 40.5 Å². The summed E-state index contributed by atoms with van der Waals surface area (Å²) in [7, 11) is 5.43. The Bertz CT molecular complexity index is 1260. The van der Waals surface area contributed by atoms with Gasteiger partial charge in [-0.2, -0.15) is 0 Å². The van der Waals surface area contributed by atoms with Gasteiger partial charge in [0.25, 0.3) is 5.91 Å². The molecule has 0 saturated carbocycles. The molecule has 4 atom stereocenters. The molecule has 0 spiro atoms. The van der Waals surface area contributed by atoms with Gasteiger partial charge in [0.2, 0.25) is 0 Å². The minimum atomic E-state index is -2.00. The van der Waals surface area contributed by atoms with Crippen molar-refractivity contribution in [3.05, 3.63) is 45.3 Å². The third-order valence-corrected chi connectivity index (χ3v) is 9.77. The molecule has 0 aromatic carbocycles. The maximum absolute atomic E-state index is 13.4. The van der Waals surface area contributed by atoms with E-state index in [4.69, 9.17) is 8.80 Å². The SMILES string of the molecule is CN1CCC(NC2=C3C[C@H]4C[C@H]5[C@H](N(C)C)C(=O)C(C(N)=O)=C(O)[C@@]5(OI)C(O)=C4C(O)=C3C(=O)CC2)CC1. The third kappa shape index (κ3) is 4.21. The Morgan fingerprint density at radius 3 is 2.41 bits per heavy atom. The molecule has 1 fully saturated rings. The van der Waals surface area contributed by atoms with Crippen molar-refractivity contribution in [2.24, 2.45) is 17.6 Å². The molecule has 6 N–H and O–H groups in total. The van der Waals surface area contributed by atoms with Crippen LogP contribution in [-0.2, 0) is 17.4 Å². The third-order valence-electron chi connectivity index (χ3n) is 9.07. The predicted octanol–water partition coefficient (Wildman–Crippen LogP) is 1.87. The smallest absolute Gasteiger partial charge is 0.255 e. The number of nitrogens with one attached hydrogen (secondary N) is 1. The Balaban J connectivity index is 1.68. The van der Waals surface area contributed by atoms with E-state index < -0.39 is 52.3 Å². The minimum Gasteiger partial charge on any atom is -0.508 e. The molecule has 12 heteroatoms. The number of fused-ring (bicyclic) bond motifs is 3. The van der Waals surface area contributed by atoms with Gasteiger partial charge in [-0.15, -0.1) is 0 Å². The molecule has 0 aromatic rings. The van der Waals surface area contributed by atoms with Crippen LogP contribution in [-0.4, -0.2) is 94.5 Å². The largest absolute Gasteiger partial charge is 0.508 e. The number of ketones is 2. The molecular weight excluding hydrogens is 619 g/mol. The first-order valence-corrected chi connectivity index (χ1v) is 14.1. The summed E-state index contributed by atoms with van der Waals surface area (Å²) in [6, 6.07) is -0.673. The summed E-state index contributed by atoms with van der Waals surface area (Å²) in [5, 5.41) is 38.2. The van der Waals surface area contributed by atoms with Gasteiger partial charge in [0.1, 0.15) is 45.9 Å². The van der Waals surface area contributed by atoms with Gasteiger partial charge in [-0.1, -0.05) is 0 Å². The maximum Gasteiger partial charge on any atom is 0.255 e. The van der Waals surface area contributed by atoms with Crippen LogP contribution in [0.2, 0.25) is 0 Å². The topological polar surface area (TPSA) is 166 Å². The van der Waals surface area contributed by atoms with Crippen LogP contribution in [0.4, 0.5) is 0 Å². The molecule has 4 aliphatic carbocycles. The zero-order valence-electron chi connectivity index (χ0n) is 22.3. The Labute approximate surface area is 241 Å². The van der Waals surface area contributed by atoms with Crippen LogP contribution in [0.1, 0.15) is 38.5 Å². The second kappa shape index (κ2) is 10.2. The summed E-state index contributed by atoms with van der Waals surface area (Å²) < 4.78 is 5.73. The Morgan fingerprint density at radius 1 is 1.15 bits per heavy atom. The van der Waals surface area contributed by atoms with E-state index >= 15 is 0 Å². The number of amides is 1. The number of rotatable bonds is 5. The van der Waals surface area contributed by atoms with E-state index in [1.807, 2.05) is 0 Å². The lowest BCUT2D eigenvalue weighted by Crippen LogP contribution is -2.62. The molecule has 1 saturated heterocycles. The van der Waals surface area contributed by atoms with Gasteiger partial charge >= 0.3 is 0 Å². The Kier molecular flexibility index (Phi) is 7.36. The lowest BCUT2D eigenvalue weighted by atomic mass is 9.59. The second-order valence-corrected chi connectivity index (χ2v) is 11.9. The number of primary amides is 1. The number of aliphatic hydroxyl groups is 3. The summed E-state index contributed by atoms with van der Waals surface area (Å²) in [6.45, 7) is 1.95. The number of halogens is 1. The number of carbonyl (C=O) groups excluding carboxylic acids is 3. The zero-order valence-corrected chi connectivity index (χ0v) is 24.4. The molecule has 5 rings (SSSR count). The molecule has 0 aromatic heterocycles. The molecule has 11 nitrogen and oxygen atoms in total. The fourth-order valence-electron chi connectivity index (χ4n) is 7.16. The van der Waals surface area contributed by atoms with E-state index in [1.54, 1.807) is 19.0 Å². The van der Waals surface area contributed by atoms with Crippen LogP contribution in [0.3, 0.4) is 0 Å². The summed E-state index contributed by atoms with van der Waals surface area (Å²) in [6.07, 6.45) is 3.32. The number of nitrogens with zero attached hydrogens (tertiary/aromatic N) is 2. The highest BCUT2D eigenvalue weighted by Gasteiger charge is 2.64. The molecule has 0 radical (unpaired) electrons. The van der Waals surface area contributed by atoms with Gasteiger partial charge in [-0.25, -0.2) is 0 Å². The highest BCUT2D eigenvalue weighted by atomic mass is 127. The number of Topliss-reactive ketones (excluding diaryl/α,β-unsaturated/α-hetero) is 2. The number of nitrogens with two attached hydrogens (primary N) is 1. The molecule has 5 aliphatic rings. The summed E-state index contributed by atoms with van der Waals surface area (Å²) in [5.41, 5.74) is 4.79. The minimum absolute atomic E-state index is 0.0952. The van der Waals surface area contributed by atoms with Gasteiger partial charge < -0.3 is 31.3 Å². The van der Waals surface area contributed by atoms with Crippen molar-refractivity contribution in [2.45, 2.75) is 56.2 Å². The molecule has 0 bridgehead atoms. The van der Waals surface area contributed by atoms with E-state index in [2.05, 4.69) is 17.3 Å². The number of allylic oxidation sites excluding steroid dienone is 4. The molecule has 1 amide bonds. The number of hydrogen-bond donors (Lipinski definition) is 5. The van der Waals surface area contributed by atoms with Crippen molar-refractivity contribution in [1.82, 2.24) is 15.1 Å². The van der Waals surface area contributed by atoms with Gasteiger partial charge in [-0.3, -0.25) is 22.3 Å². The Hall–Kier alpha value is -2.42. The van der Waals surface area contributed by atoms with Gasteiger partial charge in [0.05, 0.1) is 11.6 Å². The molecular formula is C27H35IN4O7. The Morgan fingerprint density at radius 2 is 1.82 bits per heavy atom. The number of aliphatic hydroxyl groups excluding tert-OH is 3. The first-order valence-electron chi connectivity index (χ1n) is 13.3. The van der Waals surface area contributed by atoms with E-state index in [9.17, 15) is 29.7 Å². The summed E-state index contributed by atoms with van der Waals surface area (Å²) in [4.78, 5) is 42.7. The first-order chi connectivity index (χ1) is 18.4. The number of carbonyl (C=O) groups is 3. The highest BCUT2D eigenvalue weighted by molar-refractivity contribution is 14.1. The monoisotopic (exact) mass is 654 g/mol. The van der Waals surface area contributed by atoms with Crippen LogP contribution in [0, 0.1) is 11.8 Å². The fourth-order valence-corrected chi connectivity index (χ4v) is 7.90. The van der Waals surface area contributed by atoms with Crippen LogP contribution in [0.25, 0.3) is 0 Å². The van der Waals surface area contributed by atoms with E-state index in [0.29, 0.717) is 12.8 Å². The van der Waals surface area contributed by atoms with Crippen LogP contribution in [0.15, 0.2) is 45.3 Å². The standard InChI is InChI=1S/C27H35IN4O7/c1-31(2)21-15-11-12-10-14-16(30-13-6-8-32(3)9-7-13)4-5-17(33)19(14)22(34)18(12)24(36)27(15,39-28)25(37)20(23(21)35)26(29)38/h12-13,15,21,30,34,36-37H,4-11H2,1-3H3,(H2,29,38)/t12-,15-,21-,27-/m0/s1. The van der Waals surface area contributed by atoms with Crippen molar-refractivity contribution in [3.63, 3.8) is 0 Å². The average molecular weight is 655 g/mol. The molecule has 39 heavy (non-hydrogen) atoms. The molecule has 1 heterocycles. The van der Waals surface area contributed by atoms with E-state index in [-0.39, 0.29) is 41.6 Å². The van der Waals surface area contributed by atoms with Gasteiger partial charge in [0, 0.05) is 29.7 Å². The van der Waals surface area contributed by atoms with Gasteiger partial charge in [-0.05, 0) is 77.8 Å². The number of hydrogen-bond acceptors (Lipinski definition) is 10. The maximum atomic E-state index is 13.4. The molecule has 1 aliphatic heterocycles. The van der Waals surface area contributed by atoms with Crippen molar-refractivity contribution in [3.8, 4) is 0 Å². The second-order valence-electron chi connectivity index (χ2n) is 11.5. The lowest BCUT2D eigenvalue weighted by Gasteiger charge is -2.51. The summed E-state index contributed by atoms with van der Waals surface area (Å²) >= 11 is 1.53. The number of piperidine rings is 1. The van der Waals surface area contributed by atoms with Crippen molar-refractivity contribution in [1.29, 1.82) is 0 Å². The lowest BCUT2D eigenvalue weighted by molar-refractivity contribution is -0.132. The van der Waals surface area contributed by atoms with Crippen molar-refractivity contribution in [2.75, 3.05) is 34.2 Å². The molecule has 0 unspecified atom stereocenters. The van der Waals surface area contributed by atoms with Gasteiger partial charge in [0.15, 0.2) is 17.2 Å². The van der Waals surface area contributed by atoms with Crippen LogP contribution >= 0.6 is 23.0 Å². The van der Waals surface area contributed by atoms with Crippen molar-refractivity contribution < 1.29 is 32.8 Å². The first kappa shape index (κ1) is 28.1. The zero-order chi connectivity index (χ0) is 28.4. The number of likely N-dealkylation sites (tertiary alicyclic amines) is 1. The van der Waals surface area contributed by atoms with E-state index in [0.717, 1.165) is 37.2 Å². The predicted molar refractivity (Wildman–Crippen MR) is 150 cm³/mol. The summed E-state index contributed by atoms with van der Waals surface area (Å²) in [5.74, 6) is -4.89. The fraction of sp³-hybridized carbons (Fsp3) is 0.593. The average Bonchev–Trinajstić information content (AvgIpc) is 2.86. The van der Waals surface area contributed by atoms with E-state index in [1.165, 1.54) is 23.0 Å². The molecule has 212 valence electrons. The normalized spacial score (nSPS) is 32.5. The van der Waals surface area contributed by atoms with Crippen LogP contribution < -0.4 is 11.1 Å².